The van der Waals surface area contributed by atoms with Crippen molar-refractivity contribution in [2.75, 3.05) is 6.54 Å². The molecule has 0 bridgehead atoms. The van der Waals surface area contributed by atoms with Gasteiger partial charge >= 0.3 is 0 Å². The summed E-state index contributed by atoms with van der Waals surface area (Å²) in [6.45, 7) is 5.93. The van der Waals surface area contributed by atoms with Crippen molar-refractivity contribution in [3.8, 4) is 0 Å². The van der Waals surface area contributed by atoms with Crippen LogP contribution in [0.5, 0.6) is 0 Å². The minimum absolute atomic E-state index is 0.287. The topological polar surface area (TPSA) is 71.1 Å². The molecule has 0 fully saturated rings. The number of hydrogen-bond donors (Lipinski definition) is 2. The van der Waals surface area contributed by atoms with Crippen molar-refractivity contribution < 1.29 is 8.42 Å². The van der Waals surface area contributed by atoms with E-state index < -0.39 is 10.0 Å². The average molecular weight is 346 g/mol. The molecule has 0 aliphatic carbocycles. The summed E-state index contributed by atoms with van der Waals surface area (Å²) in [5.74, 6) is 0. The Morgan fingerprint density at radius 1 is 1.19 bits per heavy atom. The molecule has 0 aliphatic heterocycles. The first-order valence-electron chi connectivity index (χ1n) is 6.71. The molecule has 21 heavy (non-hydrogen) atoms. The molecule has 0 aliphatic rings. The maximum absolute atomic E-state index is 12.2. The zero-order valence-corrected chi connectivity index (χ0v) is 14.5. The highest BCUT2D eigenvalue weighted by atomic mass is 32.2. The van der Waals surface area contributed by atoms with Gasteiger partial charge in [-0.2, -0.15) is 0 Å². The Morgan fingerprint density at radius 3 is 2.67 bits per heavy atom. The Morgan fingerprint density at radius 2 is 2.00 bits per heavy atom. The average Bonchev–Trinajstić information content (AvgIpc) is 3.06. The van der Waals surface area contributed by atoms with E-state index in [-0.39, 0.29) is 6.54 Å². The standard InChI is InChI=1S/C13H19N3O2S3/c1-3-6-14-7-11-4-5-13(20-11)21(17,18)16-9-12-8-15-10(2)19-12/h4-5,8,14,16H,3,6-7,9H2,1-2H3. The van der Waals surface area contributed by atoms with Crippen LogP contribution in [0.25, 0.3) is 0 Å². The fourth-order valence-electron chi connectivity index (χ4n) is 1.71. The van der Waals surface area contributed by atoms with Crippen LogP contribution in [0.15, 0.2) is 22.5 Å². The minimum Gasteiger partial charge on any atom is -0.312 e. The quantitative estimate of drug-likeness (QED) is 0.721. The first kappa shape index (κ1) is 16.6. The van der Waals surface area contributed by atoms with Gasteiger partial charge in [0.25, 0.3) is 0 Å². The van der Waals surface area contributed by atoms with Crippen LogP contribution < -0.4 is 10.0 Å². The highest BCUT2D eigenvalue weighted by Crippen LogP contribution is 2.22. The van der Waals surface area contributed by atoms with Crippen LogP contribution in [0, 0.1) is 6.92 Å². The summed E-state index contributed by atoms with van der Waals surface area (Å²) in [6, 6.07) is 3.52. The second-order valence-corrected chi connectivity index (χ2v) is 9.05. The van der Waals surface area contributed by atoms with Gasteiger partial charge in [-0.1, -0.05) is 6.92 Å². The molecule has 0 saturated carbocycles. The van der Waals surface area contributed by atoms with Crippen molar-refractivity contribution in [2.45, 2.75) is 37.6 Å². The van der Waals surface area contributed by atoms with Gasteiger partial charge < -0.3 is 5.32 Å². The van der Waals surface area contributed by atoms with Crippen molar-refractivity contribution in [1.29, 1.82) is 0 Å². The summed E-state index contributed by atoms with van der Waals surface area (Å²) in [7, 11) is -3.44. The first-order valence-corrected chi connectivity index (χ1v) is 9.83. The molecule has 2 N–H and O–H groups in total. The van der Waals surface area contributed by atoms with E-state index in [1.807, 2.05) is 13.0 Å². The molecule has 0 radical (unpaired) electrons. The van der Waals surface area contributed by atoms with Crippen molar-refractivity contribution >= 4 is 32.7 Å². The Bertz CT molecular complexity index is 676. The third kappa shape index (κ3) is 4.86. The number of hydrogen-bond acceptors (Lipinski definition) is 6. The molecular formula is C13H19N3O2S3. The fraction of sp³-hybridized carbons (Fsp3) is 0.462. The molecule has 0 aromatic carbocycles. The third-order valence-corrected chi connectivity index (χ3v) is 6.62. The maximum Gasteiger partial charge on any atom is 0.250 e. The van der Waals surface area contributed by atoms with Gasteiger partial charge in [0.2, 0.25) is 10.0 Å². The summed E-state index contributed by atoms with van der Waals surface area (Å²) in [4.78, 5) is 6.05. The van der Waals surface area contributed by atoms with E-state index in [1.165, 1.54) is 22.7 Å². The number of rotatable bonds is 8. The number of thiazole rings is 1. The predicted octanol–water partition coefficient (Wildman–Crippen LogP) is 2.49. The summed E-state index contributed by atoms with van der Waals surface area (Å²) >= 11 is 2.80. The number of nitrogens with one attached hydrogen (secondary N) is 2. The number of sulfonamides is 1. The number of thiophene rings is 1. The monoisotopic (exact) mass is 345 g/mol. The van der Waals surface area contributed by atoms with Gasteiger partial charge in [0, 0.05) is 29.0 Å². The third-order valence-electron chi connectivity index (χ3n) is 2.73. The number of aromatic nitrogens is 1. The lowest BCUT2D eigenvalue weighted by Gasteiger charge is -2.02. The van der Waals surface area contributed by atoms with E-state index in [4.69, 9.17) is 0 Å². The lowest BCUT2D eigenvalue weighted by Crippen LogP contribution is -2.21. The van der Waals surface area contributed by atoms with E-state index in [1.54, 1.807) is 12.3 Å². The highest BCUT2D eigenvalue weighted by molar-refractivity contribution is 7.91. The van der Waals surface area contributed by atoms with Crippen LogP contribution in [0.3, 0.4) is 0 Å². The lowest BCUT2D eigenvalue weighted by atomic mass is 10.4. The minimum atomic E-state index is -3.44. The predicted molar refractivity (Wildman–Crippen MR) is 87.2 cm³/mol. The molecule has 0 unspecified atom stereocenters. The molecule has 2 rings (SSSR count). The molecule has 2 heterocycles. The largest absolute Gasteiger partial charge is 0.312 e. The molecule has 8 heteroatoms. The second kappa shape index (κ2) is 7.46. The van der Waals surface area contributed by atoms with Crippen molar-refractivity contribution in [2.24, 2.45) is 0 Å². The lowest BCUT2D eigenvalue weighted by molar-refractivity contribution is 0.584. The molecular weight excluding hydrogens is 326 g/mol. The van der Waals surface area contributed by atoms with Gasteiger partial charge in [0.1, 0.15) is 4.21 Å². The van der Waals surface area contributed by atoms with Gasteiger partial charge in [-0.3, -0.25) is 0 Å². The molecule has 2 aromatic heterocycles. The van der Waals surface area contributed by atoms with Gasteiger partial charge in [-0.15, -0.1) is 22.7 Å². The van der Waals surface area contributed by atoms with Crippen LogP contribution in [0.4, 0.5) is 0 Å². The summed E-state index contributed by atoms with van der Waals surface area (Å²) in [5, 5.41) is 4.20. The number of aryl methyl sites for hydroxylation is 1. The maximum atomic E-state index is 12.2. The van der Waals surface area contributed by atoms with Gasteiger partial charge in [-0.25, -0.2) is 18.1 Å². The van der Waals surface area contributed by atoms with Crippen LogP contribution >= 0.6 is 22.7 Å². The van der Waals surface area contributed by atoms with Gasteiger partial charge in [0.05, 0.1) is 5.01 Å². The molecule has 0 atom stereocenters. The Kier molecular flexibility index (Phi) is 5.88. The summed E-state index contributed by atoms with van der Waals surface area (Å²) in [6.07, 6.45) is 2.77. The zero-order chi connectivity index (χ0) is 15.3. The molecule has 2 aromatic rings. The Balaban J connectivity index is 1.95. The van der Waals surface area contributed by atoms with Gasteiger partial charge in [-0.05, 0) is 32.0 Å². The molecule has 0 amide bonds. The Labute approximate surface area is 133 Å². The SMILES string of the molecule is CCCNCc1ccc(S(=O)(=O)NCc2cnc(C)s2)s1. The van der Waals surface area contributed by atoms with Gasteiger partial charge in [0.15, 0.2) is 0 Å². The van der Waals surface area contributed by atoms with Crippen molar-refractivity contribution in [3.63, 3.8) is 0 Å². The summed E-state index contributed by atoms with van der Waals surface area (Å²) in [5.41, 5.74) is 0. The van der Waals surface area contributed by atoms with Crippen LogP contribution in [0.2, 0.25) is 0 Å². The molecule has 0 saturated heterocycles. The molecule has 116 valence electrons. The van der Waals surface area contributed by atoms with E-state index in [0.29, 0.717) is 10.8 Å². The second-order valence-electron chi connectivity index (χ2n) is 4.57. The van der Waals surface area contributed by atoms with Crippen LogP contribution in [0.1, 0.15) is 28.1 Å². The van der Waals surface area contributed by atoms with Crippen LogP contribution in [-0.4, -0.2) is 19.9 Å². The normalized spacial score (nSPS) is 11.9. The zero-order valence-electron chi connectivity index (χ0n) is 12.0. The smallest absolute Gasteiger partial charge is 0.250 e. The van der Waals surface area contributed by atoms with E-state index in [2.05, 4.69) is 21.9 Å². The van der Waals surface area contributed by atoms with E-state index in [9.17, 15) is 8.42 Å². The van der Waals surface area contributed by atoms with E-state index >= 15 is 0 Å². The highest BCUT2D eigenvalue weighted by Gasteiger charge is 2.16. The fourth-order valence-corrected chi connectivity index (χ4v) is 4.91. The van der Waals surface area contributed by atoms with E-state index in [0.717, 1.165) is 27.7 Å². The molecule has 5 nitrogen and oxygen atoms in total. The molecule has 0 spiro atoms. The number of nitrogens with zero attached hydrogens (tertiary/aromatic N) is 1. The van der Waals surface area contributed by atoms with Crippen molar-refractivity contribution in [1.82, 2.24) is 15.0 Å². The van der Waals surface area contributed by atoms with Crippen LogP contribution in [-0.2, 0) is 23.1 Å². The van der Waals surface area contributed by atoms with Crippen molar-refractivity contribution in [3.05, 3.63) is 33.1 Å². The summed E-state index contributed by atoms with van der Waals surface area (Å²) < 4.78 is 27.4. The first-order chi connectivity index (χ1) is 10.0. The Hall–Kier alpha value is -0.800.